The number of rotatable bonds is 9. The largest absolute Gasteiger partial charge is 0.395 e. The smallest absolute Gasteiger partial charge is 0.264 e. The average molecular weight is 569 g/mol. The summed E-state index contributed by atoms with van der Waals surface area (Å²) in [4.78, 5) is 15.6. The van der Waals surface area contributed by atoms with Gasteiger partial charge in [-0.25, -0.2) is 0 Å². The van der Waals surface area contributed by atoms with Gasteiger partial charge in [0.05, 0.1) is 30.0 Å². The number of nitrogens with zero attached hydrogens (tertiary/aromatic N) is 4. The van der Waals surface area contributed by atoms with Crippen molar-refractivity contribution in [1.29, 1.82) is 0 Å². The number of benzene rings is 2. The third kappa shape index (κ3) is 4.75. The van der Waals surface area contributed by atoms with Gasteiger partial charge in [0.15, 0.2) is 5.60 Å². The zero-order chi connectivity index (χ0) is 27.9. The van der Waals surface area contributed by atoms with Crippen LogP contribution in [0, 0.1) is 5.92 Å². The van der Waals surface area contributed by atoms with Crippen LogP contribution in [-0.4, -0.2) is 53.7 Å². The average Bonchev–Trinajstić information content (AvgIpc) is 3.55. The van der Waals surface area contributed by atoms with Crippen LogP contribution < -0.4 is 4.90 Å². The van der Waals surface area contributed by atoms with Crippen molar-refractivity contribution in [1.82, 2.24) is 15.0 Å². The highest BCUT2D eigenvalue weighted by Crippen LogP contribution is 2.60. The van der Waals surface area contributed by atoms with E-state index in [1.165, 1.54) is 0 Å². The fourth-order valence-corrected chi connectivity index (χ4v) is 9.21. The number of amides is 1. The molecule has 1 fully saturated rings. The lowest BCUT2D eigenvalue weighted by atomic mass is 9.82. The molecule has 2 aromatic carbocycles. The van der Waals surface area contributed by atoms with Crippen LogP contribution in [-0.2, 0) is 21.7 Å². The number of aliphatic hydroxyl groups excluding tert-OH is 1. The minimum absolute atomic E-state index is 0.0938. The molecule has 1 saturated heterocycles. The predicted octanol–water partition coefficient (Wildman–Crippen LogP) is 5.45. The molecule has 2 aliphatic rings. The van der Waals surface area contributed by atoms with E-state index in [4.69, 9.17) is 16.3 Å². The highest BCUT2D eigenvalue weighted by atomic mass is 35.5. The maximum Gasteiger partial charge on any atom is 0.264 e. The summed E-state index contributed by atoms with van der Waals surface area (Å²) >= 11 is 6.39. The molecule has 1 spiro atoms. The number of ether oxygens (including phenoxy) is 1. The fourth-order valence-electron chi connectivity index (χ4n) is 6.50. The van der Waals surface area contributed by atoms with Gasteiger partial charge in [0, 0.05) is 41.3 Å². The summed E-state index contributed by atoms with van der Waals surface area (Å²) < 4.78 is 24.4. The van der Waals surface area contributed by atoms with E-state index in [9.17, 15) is 9.90 Å². The van der Waals surface area contributed by atoms with Crippen LogP contribution in [0.2, 0.25) is 23.7 Å². The maximum atomic E-state index is 16.0. The first kappa shape index (κ1) is 27.7. The molecule has 1 aromatic heterocycles. The summed E-state index contributed by atoms with van der Waals surface area (Å²) in [5.41, 5.74) is 1.30. The van der Waals surface area contributed by atoms with Gasteiger partial charge in [0.25, 0.3) is 5.91 Å². The molecule has 0 bridgehead atoms. The van der Waals surface area contributed by atoms with Gasteiger partial charge in [-0.05, 0) is 43.3 Å². The summed E-state index contributed by atoms with van der Waals surface area (Å²) in [6.45, 7) is 9.77. The van der Waals surface area contributed by atoms with Crippen molar-refractivity contribution in [3.63, 3.8) is 0 Å². The first-order valence-corrected chi connectivity index (χ1v) is 16.6. The Morgan fingerprint density at radius 2 is 2.03 bits per heavy atom. The normalized spacial score (nSPS) is 25.3. The number of fused-ring (bicyclic) bond motifs is 2. The van der Waals surface area contributed by atoms with Gasteiger partial charge in [-0.2, -0.15) is 0 Å². The van der Waals surface area contributed by atoms with Crippen molar-refractivity contribution < 1.29 is 18.7 Å². The summed E-state index contributed by atoms with van der Waals surface area (Å²) in [5, 5.41) is 19.1. The van der Waals surface area contributed by atoms with Crippen molar-refractivity contribution >= 4 is 31.6 Å². The third-order valence-electron chi connectivity index (χ3n) is 8.18. The first-order chi connectivity index (χ1) is 18.6. The molecule has 39 heavy (non-hydrogen) atoms. The molecule has 1 N–H and O–H groups in total. The number of aromatic nitrogens is 3. The Morgan fingerprint density at radius 1 is 1.28 bits per heavy atom. The molecular weight excluding hydrogens is 535 g/mol. The minimum Gasteiger partial charge on any atom is -0.395 e. The molecular formula is C29H34ClFN4O3Si. The summed E-state index contributed by atoms with van der Waals surface area (Å²) in [5.74, 6) is -0.879. The number of carbonyl (C=O) groups excluding carboxylic acids is 1. The Kier molecular flexibility index (Phi) is 7.54. The van der Waals surface area contributed by atoms with Gasteiger partial charge in [0.2, 0.25) is 8.41 Å². The number of halogens is 2. The monoisotopic (exact) mass is 568 g/mol. The molecule has 7 nitrogen and oxygen atoms in total. The Hall–Kier alpha value is -2.85. The number of hydrogen-bond acceptors (Lipinski definition) is 5. The van der Waals surface area contributed by atoms with E-state index in [1.54, 1.807) is 40.9 Å². The van der Waals surface area contributed by atoms with Crippen molar-refractivity contribution in [3.05, 3.63) is 89.2 Å². The van der Waals surface area contributed by atoms with E-state index in [-0.39, 0.29) is 18.4 Å². The Labute approximate surface area is 234 Å². The van der Waals surface area contributed by atoms with Crippen LogP contribution >= 0.6 is 11.6 Å². The highest BCUT2D eigenvalue weighted by Gasteiger charge is 2.66. The van der Waals surface area contributed by atoms with Crippen LogP contribution in [0.5, 0.6) is 0 Å². The van der Waals surface area contributed by atoms with Crippen molar-refractivity contribution in [2.75, 3.05) is 18.1 Å². The van der Waals surface area contributed by atoms with Crippen LogP contribution in [0.15, 0.2) is 67.4 Å². The van der Waals surface area contributed by atoms with E-state index < -0.39 is 31.6 Å². The van der Waals surface area contributed by atoms with Crippen LogP contribution in [0.25, 0.3) is 0 Å². The number of aliphatic hydroxyl groups is 1. The van der Waals surface area contributed by atoms with E-state index in [0.717, 1.165) is 11.3 Å². The van der Waals surface area contributed by atoms with Gasteiger partial charge in [-0.3, -0.25) is 9.48 Å². The van der Waals surface area contributed by atoms with E-state index >= 15 is 4.11 Å². The Balaban J connectivity index is 1.43. The van der Waals surface area contributed by atoms with E-state index in [1.807, 2.05) is 49.5 Å². The molecule has 206 valence electrons. The van der Waals surface area contributed by atoms with Crippen molar-refractivity contribution in [3.8, 4) is 0 Å². The standard InChI is InChI=1S/C29H34ClFN4O3Si/c1-5-14-35-25-12-11-21(30)16-23(25)29(28(35)37)19(2)27(39(3,4)31)26(38-29)13-15-34-17-24(32-33-34)22(18-36)20-9-7-6-8-10-20/h5-12,16-17,19,22,26-27,36H,1,13-15,18H2,2-4H3/t19-,22?,26+,27-,29+/m0/s1. The highest BCUT2D eigenvalue weighted by molar-refractivity contribution is 6.72. The van der Waals surface area contributed by atoms with Crippen LogP contribution in [0.4, 0.5) is 9.80 Å². The topological polar surface area (TPSA) is 80.5 Å². The number of anilines is 1. The molecule has 2 aliphatic heterocycles. The molecule has 10 heteroatoms. The van der Waals surface area contributed by atoms with Gasteiger partial charge in [-0.1, -0.05) is 60.1 Å². The molecule has 5 rings (SSSR count). The lowest BCUT2D eigenvalue weighted by Gasteiger charge is -2.31. The summed E-state index contributed by atoms with van der Waals surface area (Å²) in [7, 11) is -3.28. The molecule has 3 heterocycles. The lowest BCUT2D eigenvalue weighted by molar-refractivity contribution is -0.145. The lowest BCUT2D eigenvalue weighted by Crippen LogP contribution is -2.45. The van der Waals surface area contributed by atoms with E-state index in [0.29, 0.717) is 35.8 Å². The van der Waals surface area contributed by atoms with E-state index in [2.05, 4.69) is 16.9 Å². The van der Waals surface area contributed by atoms with Crippen molar-refractivity contribution in [2.45, 2.75) is 56.1 Å². The van der Waals surface area contributed by atoms with Gasteiger partial charge >= 0.3 is 0 Å². The summed E-state index contributed by atoms with van der Waals surface area (Å²) in [6, 6.07) is 15.0. The molecule has 0 radical (unpaired) electrons. The third-order valence-corrected chi connectivity index (χ3v) is 10.9. The molecule has 1 unspecified atom stereocenters. The van der Waals surface area contributed by atoms with Gasteiger partial charge in [0.1, 0.15) is 0 Å². The molecule has 5 atom stereocenters. The predicted molar refractivity (Wildman–Crippen MR) is 152 cm³/mol. The SMILES string of the molecule is C=CCN1C(=O)[C@]2(O[C@H](CCn3cc(C(CO)c4ccccc4)nn3)[C@@H]([Si](C)(C)F)[C@@H]2C)c2cc(Cl)ccc21. The minimum atomic E-state index is -3.28. The fraction of sp³-hybridized carbons (Fsp3) is 0.414. The second-order valence-corrected chi connectivity index (χ2v) is 15.2. The van der Waals surface area contributed by atoms with Crippen molar-refractivity contribution in [2.24, 2.45) is 5.92 Å². The number of carbonyl (C=O) groups is 1. The van der Waals surface area contributed by atoms with Gasteiger partial charge < -0.3 is 18.9 Å². The molecule has 3 aromatic rings. The maximum absolute atomic E-state index is 16.0. The van der Waals surface area contributed by atoms with Crippen LogP contribution in [0.1, 0.15) is 36.1 Å². The molecule has 0 aliphatic carbocycles. The molecule has 0 saturated carbocycles. The second-order valence-electron chi connectivity index (χ2n) is 11.0. The zero-order valence-corrected chi connectivity index (χ0v) is 24.2. The number of hydrogen-bond donors (Lipinski definition) is 1. The Bertz CT molecular complexity index is 1360. The quantitative estimate of drug-likeness (QED) is 0.211. The van der Waals surface area contributed by atoms with Crippen LogP contribution in [0.3, 0.4) is 0 Å². The Morgan fingerprint density at radius 3 is 2.69 bits per heavy atom. The number of aryl methyl sites for hydroxylation is 1. The zero-order valence-electron chi connectivity index (χ0n) is 22.4. The van der Waals surface area contributed by atoms with Gasteiger partial charge in [-0.15, -0.1) is 11.7 Å². The molecule has 1 amide bonds. The second kappa shape index (κ2) is 10.6. The summed E-state index contributed by atoms with van der Waals surface area (Å²) in [6.07, 6.45) is 3.45. The first-order valence-electron chi connectivity index (χ1n) is 13.3.